The SMILES string of the molecule is COc1ccc(OC)c(Nc2nccc(Nc3ccc(C(F)(F)F)cc3)n2)c1. The second kappa shape index (κ2) is 8.03. The maximum absolute atomic E-state index is 12.7. The van der Waals surface area contributed by atoms with Crippen molar-refractivity contribution in [1.82, 2.24) is 9.97 Å². The Morgan fingerprint density at radius 1 is 0.893 bits per heavy atom. The monoisotopic (exact) mass is 390 g/mol. The second-order valence-corrected chi connectivity index (χ2v) is 5.66. The molecule has 0 atom stereocenters. The van der Waals surface area contributed by atoms with Crippen LogP contribution in [0.15, 0.2) is 54.7 Å². The maximum Gasteiger partial charge on any atom is 0.416 e. The van der Waals surface area contributed by atoms with Gasteiger partial charge < -0.3 is 20.1 Å². The molecule has 2 N–H and O–H groups in total. The number of rotatable bonds is 6. The van der Waals surface area contributed by atoms with Crippen LogP contribution in [-0.2, 0) is 6.18 Å². The van der Waals surface area contributed by atoms with Crippen molar-refractivity contribution in [1.29, 1.82) is 0 Å². The first-order chi connectivity index (χ1) is 13.4. The van der Waals surface area contributed by atoms with Crippen molar-refractivity contribution in [3.63, 3.8) is 0 Å². The Balaban J connectivity index is 1.78. The van der Waals surface area contributed by atoms with E-state index in [4.69, 9.17) is 9.47 Å². The fourth-order valence-corrected chi connectivity index (χ4v) is 2.41. The van der Waals surface area contributed by atoms with E-state index < -0.39 is 11.7 Å². The minimum Gasteiger partial charge on any atom is -0.497 e. The zero-order chi connectivity index (χ0) is 20.1. The maximum atomic E-state index is 12.7. The Labute approximate surface area is 159 Å². The standard InChI is InChI=1S/C19H17F3N4O2/c1-27-14-7-8-16(28-2)15(11-14)25-18-23-10-9-17(26-18)24-13-5-3-12(4-6-13)19(20,21)22/h3-11H,1-2H3,(H2,23,24,25,26). The number of alkyl halides is 3. The normalized spacial score (nSPS) is 11.0. The van der Waals surface area contributed by atoms with Gasteiger partial charge in [-0.25, -0.2) is 4.98 Å². The van der Waals surface area contributed by atoms with E-state index in [9.17, 15) is 13.2 Å². The van der Waals surface area contributed by atoms with Crippen LogP contribution in [0, 0.1) is 0 Å². The van der Waals surface area contributed by atoms with Gasteiger partial charge in [0.1, 0.15) is 17.3 Å². The molecule has 1 aromatic heterocycles. The number of aromatic nitrogens is 2. The number of hydrogen-bond acceptors (Lipinski definition) is 6. The number of ether oxygens (including phenoxy) is 2. The molecule has 0 unspecified atom stereocenters. The lowest BCUT2D eigenvalue weighted by Gasteiger charge is -2.13. The van der Waals surface area contributed by atoms with E-state index in [0.717, 1.165) is 12.1 Å². The molecule has 0 aliphatic heterocycles. The molecule has 0 amide bonds. The highest BCUT2D eigenvalue weighted by Gasteiger charge is 2.29. The molecule has 0 saturated heterocycles. The fraction of sp³-hybridized carbons (Fsp3) is 0.158. The Morgan fingerprint density at radius 3 is 2.29 bits per heavy atom. The van der Waals surface area contributed by atoms with Gasteiger partial charge in [-0.3, -0.25) is 0 Å². The summed E-state index contributed by atoms with van der Waals surface area (Å²) in [6, 6.07) is 11.5. The molecule has 0 radical (unpaired) electrons. The van der Waals surface area contributed by atoms with Crippen molar-refractivity contribution in [2.45, 2.75) is 6.18 Å². The highest BCUT2D eigenvalue weighted by atomic mass is 19.4. The number of hydrogen-bond donors (Lipinski definition) is 2. The molecule has 0 bridgehead atoms. The van der Waals surface area contributed by atoms with Gasteiger partial charge in [0, 0.05) is 18.0 Å². The highest BCUT2D eigenvalue weighted by Crippen LogP contribution is 2.32. The van der Waals surface area contributed by atoms with Gasteiger partial charge in [0.25, 0.3) is 0 Å². The number of methoxy groups -OCH3 is 2. The molecular formula is C19H17F3N4O2. The predicted molar refractivity (Wildman–Crippen MR) is 99.6 cm³/mol. The number of anilines is 4. The van der Waals surface area contributed by atoms with Crippen molar-refractivity contribution >= 4 is 23.1 Å². The van der Waals surface area contributed by atoms with Crippen LogP contribution in [-0.4, -0.2) is 24.2 Å². The van der Waals surface area contributed by atoms with Gasteiger partial charge in [0.2, 0.25) is 5.95 Å². The average Bonchev–Trinajstić information content (AvgIpc) is 2.68. The average molecular weight is 390 g/mol. The summed E-state index contributed by atoms with van der Waals surface area (Å²) in [4.78, 5) is 8.46. The topological polar surface area (TPSA) is 68.3 Å². The Hall–Kier alpha value is -3.49. The van der Waals surface area contributed by atoms with E-state index >= 15 is 0 Å². The molecule has 3 rings (SSSR count). The van der Waals surface area contributed by atoms with Crippen LogP contribution in [0.2, 0.25) is 0 Å². The zero-order valence-electron chi connectivity index (χ0n) is 15.0. The molecule has 0 fully saturated rings. The van der Waals surface area contributed by atoms with Crippen LogP contribution in [0.4, 0.5) is 36.3 Å². The molecule has 0 aliphatic rings. The first-order valence-electron chi connectivity index (χ1n) is 8.15. The lowest BCUT2D eigenvalue weighted by atomic mass is 10.2. The van der Waals surface area contributed by atoms with E-state index in [0.29, 0.717) is 28.7 Å². The smallest absolute Gasteiger partial charge is 0.416 e. The Morgan fingerprint density at radius 2 is 1.64 bits per heavy atom. The van der Waals surface area contributed by atoms with Gasteiger partial charge in [-0.05, 0) is 42.5 Å². The summed E-state index contributed by atoms with van der Waals surface area (Å²) in [6.07, 6.45) is -2.85. The molecule has 2 aromatic carbocycles. The summed E-state index contributed by atoms with van der Waals surface area (Å²) in [6.45, 7) is 0. The van der Waals surface area contributed by atoms with Crippen molar-refractivity contribution in [3.05, 3.63) is 60.3 Å². The van der Waals surface area contributed by atoms with Gasteiger partial charge in [0.05, 0.1) is 25.5 Å². The molecule has 0 aliphatic carbocycles. The van der Waals surface area contributed by atoms with Crippen molar-refractivity contribution in [2.24, 2.45) is 0 Å². The summed E-state index contributed by atoms with van der Waals surface area (Å²) in [5.41, 5.74) is 0.360. The molecule has 9 heteroatoms. The molecule has 6 nitrogen and oxygen atoms in total. The largest absolute Gasteiger partial charge is 0.497 e. The first-order valence-corrected chi connectivity index (χ1v) is 8.15. The molecule has 1 heterocycles. The summed E-state index contributed by atoms with van der Waals surface area (Å²) in [5, 5.41) is 5.98. The van der Waals surface area contributed by atoms with Crippen molar-refractivity contribution < 1.29 is 22.6 Å². The summed E-state index contributed by atoms with van der Waals surface area (Å²) in [5.74, 6) is 1.90. The van der Waals surface area contributed by atoms with Crippen molar-refractivity contribution in [2.75, 3.05) is 24.9 Å². The quantitative estimate of drug-likeness (QED) is 0.617. The molecule has 3 aromatic rings. The van der Waals surface area contributed by atoms with E-state index in [1.165, 1.54) is 25.4 Å². The van der Waals surface area contributed by atoms with E-state index in [-0.39, 0.29) is 5.95 Å². The molecule has 146 valence electrons. The zero-order valence-corrected chi connectivity index (χ0v) is 15.0. The van der Waals surface area contributed by atoms with Gasteiger partial charge in [-0.15, -0.1) is 0 Å². The van der Waals surface area contributed by atoms with Gasteiger partial charge in [0.15, 0.2) is 0 Å². The van der Waals surface area contributed by atoms with E-state index in [1.807, 2.05) is 0 Å². The number of nitrogens with zero attached hydrogens (tertiary/aromatic N) is 2. The third-order valence-electron chi connectivity index (χ3n) is 3.79. The van der Waals surface area contributed by atoms with Gasteiger partial charge in [-0.2, -0.15) is 18.2 Å². The second-order valence-electron chi connectivity index (χ2n) is 5.66. The lowest BCUT2D eigenvalue weighted by Crippen LogP contribution is -2.05. The fourth-order valence-electron chi connectivity index (χ4n) is 2.41. The van der Waals surface area contributed by atoms with Crippen LogP contribution in [0.25, 0.3) is 0 Å². The summed E-state index contributed by atoms with van der Waals surface area (Å²) in [7, 11) is 3.09. The predicted octanol–water partition coefficient (Wildman–Crippen LogP) is 5.00. The summed E-state index contributed by atoms with van der Waals surface area (Å²) >= 11 is 0. The Bertz CT molecular complexity index is 947. The molecule has 28 heavy (non-hydrogen) atoms. The van der Waals surface area contributed by atoms with Crippen LogP contribution < -0.4 is 20.1 Å². The minimum atomic E-state index is -4.37. The van der Waals surface area contributed by atoms with Crippen LogP contribution in [0.5, 0.6) is 11.5 Å². The van der Waals surface area contributed by atoms with Crippen molar-refractivity contribution in [3.8, 4) is 11.5 Å². The molecule has 0 spiro atoms. The highest BCUT2D eigenvalue weighted by molar-refractivity contribution is 5.66. The lowest BCUT2D eigenvalue weighted by molar-refractivity contribution is -0.137. The van der Waals surface area contributed by atoms with Crippen LogP contribution >= 0.6 is 0 Å². The number of benzene rings is 2. The van der Waals surface area contributed by atoms with Gasteiger partial charge in [-0.1, -0.05) is 0 Å². The van der Waals surface area contributed by atoms with Crippen LogP contribution in [0.3, 0.4) is 0 Å². The van der Waals surface area contributed by atoms with E-state index in [1.54, 1.807) is 31.4 Å². The summed E-state index contributed by atoms with van der Waals surface area (Å²) < 4.78 is 48.5. The van der Waals surface area contributed by atoms with Gasteiger partial charge >= 0.3 is 6.18 Å². The number of halogens is 3. The van der Waals surface area contributed by atoms with Crippen LogP contribution in [0.1, 0.15) is 5.56 Å². The molecular weight excluding hydrogens is 373 g/mol. The Kier molecular flexibility index (Phi) is 5.53. The first kappa shape index (κ1) is 19.3. The third kappa shape index (κ3) is 4.61. The minimum absolute atomic E-state index is 0.281. The number of nitrogens with one attached hydrogen (secondary N) is 2. The van der Waals surface area contributed by atoms with E-state index in [2.05, 4.69) is 20.6 Å². The molecule has 0 saturated carbocycles. The third-order valence-corrected chi connectivity index (χ3v) is 3.79.